The molecule has 0 saturated heterocycles. The Morgan fingerprint density at radius 2 is 2.38 bits per heavy atom. The van der Waals surface area contributed by atoms with Crippen molar-refractivity contribution in [2.45, 2.75) is 31.3 Å². The zero-order chi connectivity index (χ0) is 12.0. The fourth-order valence-electron chi connectivity index (χ4n) is 1.12. The molecule has 0 aliphatic carbocycles. The first-order valence-electron chi connectivity index (χ1n) is 5.05. The molecule has 0 aliphatic heterocycles. The molecule has 0 fully saturated rings. The van der Waals surface area contributed by atoms with Crippen molar-refractivity contribution in [3.8, 4) is 12.3 Å². The number of aromatic nitrogens is 2. The molecular weight excluding hydrogens is 226 g/mol. The van der Waals surface area contributed by atoms with Crippen LogP contribution in [0.3, 0.4) is 0 Å². The van der Waals surface area contributed by atoms with Gasteiger partial charge in [-0.05, 0) is 13.3 Å². The molecule has 6 heteroatoms. The monoisotopic (exact) mass is 241 g/mol. The maximum absolute atomic E-state index is 11.7. The first kappa shape index (κ1) is 12.7. The number of nitrogens with one attached hydrogen (secondary N) is 1. The number of aryl methyl sites for hydroxylation is 1. The molecule has 0 amide bonds. The van der Waals surface area contributed by atoms with Gasteiger partial charge < -0.3 is 4.57 Å². The van der Waals surface area contributed by atoms with E-state index in [4.69, 9.17) is 6.42 Å². The highest BCUT2D eigenvalue weighted by Gasteiger charge is 2.15. The minimum Gasteiger partial charge on any atom is -0.336 e. The number of nitrogens with zero attached hydrogens (tertiary/aromatic N) is 2. The summed E-state index contributed by atoms with van der Waals surface area (Å²) in [4.78, 5) is 3.83. The number of unbranched alkanes of at least 4 members (excludes halogenated alkanes) is 1. The Morgan fingerprint density at radius 3 is 2.94 bits per heavy atom. The van der Waals surface area contributed by atoms with Crippen molar-refractivity contribution in [3.63, 3.8) is 0 Å². The average molecular weight is 241 g/mol. The molecule has 0 spiro atoms. The molecule has 5 nitrogen and oxygen atoms in total. The van der Waals surface area contributed by atoms with E-state index in [-0.39, 0.29) is 5.03 Å². The second kappa shape index (κ2) is 5.68. The molecule has 0 saturated carbocycles. The van der Waals surface area contributed by atoms with E-state index in [1.165, 1.54) is 12.5 Å². The SMILES string of the molecule is C#CCCCNS(=O)(=O)c1cn(CC)cn1. The van der Waals surface area contributed by atoms with Gasteiger partial charge >= 0.3 is 0 Å². The lowest BCUT2D eigenvalue weighted by atomic mass is 10.3. The first-order valence-corrected chi connectivity index (χ1v) is 6.53. The molecule has 16 heavy (non-hydrogen) atoms. The summed E-state index contributed by atoms with van der Waals surface area (Å²) in [5.74, 6) is 2.45. The van der Waals surface area contributed by atoms with Crippen LogP contribution >= 0.6 is 0 Å². The maximum atomic E-state index is 11.7. The zero-order valence-corrected chi connectivity index (χ0v) is 10.00. The molecule has 1 aromatic rings. The van der Waals surface area contributed by atoms with Crippen molar-refractivity contribution < 1.29 is 8.42 Å². The van der Waals surface area contributed by atoms with Crippen molar-refractivity contribution in [1.29, 1.82) is 0 Å². The second-order valence-electron chi connectivity index (χ2n) is 3.25. The molecular formula is C10H15N3O2S. The smallest absolute Gasteiger partial charge is 0.259 e. The lowest BCUT2D eigenvalue weighted by molar-refractivity contribution is 0.576. The third-order valence-corrected chi connectivity index (χ3v) is 3.39. The highest BCUT2D eigenvalue weighted by atomic mass is 32.2. The lowest BCUT2D eigenvalue weighted by Crippen LogP contribution is -2.25. The lowest BCUT2D eigenvalue weighted by Gasteiger charge is -2.02. The Morgan fingerprint density at radius 1 is 1.62 bits per heavy atom. The Labute approximate surface area is 95.9 Å². The molecule has 0 radical (unpaired) electrons. The second-order valence-corrected chi connectivity index (χ2v) is 4.96. The zero-order valence-electron chi connectivity index (χ0n) is 9.18. The molecule has 1 aromatic heterocycles. The molecule has 0 aliphatic rings. The van der Waals surface area contributed by atoms with Gasteiger partial charge in [-0.1, -0.05) is 0 Å². The molecule has 0 atom stereocenters. The van der Waals surface area contributed by atoms with Gasteiger partial charge in [0.05, 0.1) is 6.33 Å². The number of terminal acetylenes is 1. The number of hydrogen-bond acceptors (Lipinski definition) is 3. The number of imidazole rings is 1. The van der Waals surface area contributed by atoms with E-state index < -0.39 is 10.0 Å². The standard InChI is InChI=1S/C10H15N3O2S/c1-3-5-6-7-12-16(14,15)10-8-13(4-2)9-11-10/h1,8-9,12H,4-7H2,2H3. The Balaban J connectivity index is 2.60. The summed E-state index contributed by atoms with van der Waals surface area (Å²) in [6.45, 7) is 2.95. The van der Waals surface area contributed by atoms with Gasteiger partial charge in [-0.25, -0.2) is 18.1 Å². The van der Waals surface area contributed by atoms with E-state index >= 15 is 0 Å². The van der Waals surface area contributed by atoms with Crippen LogP contribution in [0.2, 0.25) is 0 Å². The van der Waals surface area contributed by atoms with Crippen molar-refractivity contribution in [2.75, 3.05) is 6.54 Å². The van der Waals surface area contributed by atoms with E-state index in [1.807, 2.05) is 6.92 Å². The highest BCUT2D eigenvalue weighted by molar-refractivity contribution is 7.89. The third-order valence-electron chi connectivity index (χ3n) is 2.04. The van der Waals surface area contributed by atoms with Crippen LogP contribution in [0.15, 0.2) is 17.6 Å². The summed E-state index contributed by atoms with van der Waals surface area (Å²) < 4.78 is 27.5. The molecule has 0 bridgehead atoms. The van der Waals surface area contributed by atoms with Crippen LogP contribution in [0.4, 0.5) is 0 Å². The largest absolute Gasteiger partial charge is 0.336 e. The summed E-state index contributed by atoms with van der Waals surface area (Å²) in [6.07, 6.45) is 9.26. The van der Waals surface area contributed by atoms with Gasteiger partial charge in [0.2, 0.25) is 0 Å². The Bertz CT molecular complexity index is 470. The number of rotatable bonds is 6. The highest BCUT2D eigenvalue weighted by Crippen LogP contribution is 2.04. The van der Waals surface area contributed by atoms with Crippen molar-refractivity contribution in [1.82, 2.24) is 14.3 Å². The minimum absolute atomic E-state index is 0.0510. The summed E-state index contributed by atoms with van der Waals surface area (Å²) in [5, 5.41) is 0.0510. The van der Waals surface area contributed by atoms with E-state index in [1.54, 1.807) is 4.57 Å². The van der Waals surface area contributed by atoms with Crippen LogP contribution in [0.1, 0.15) is 19.8 Å². The Hall–Kier alpha value is -1.32. The van der Waals surface area contributed by atoms with Gasteiger partial charge in [0, 0.05) is 25.7 Å². The van der Waals surface area contributed by atoms with Gasteiger partial charge in [0.15, 0.2) is 5.03 Å². The average Bonchev–Trinajstić information content (AvgIpc) is 2.73. The van der Waals surface area contributed by atoms with Crippen LogP contribution in [0.5, 0.6) is 0 Å². The fraction of sp³-hybridized carbons (Fsp3) is 0.500. The van der Waals surface area contributed by atoms with Crippen LogP contribution < -0.4 is 4.72 Å². The third kappa shape index (κ3) is 3.36. The van der Waals surface area contributed by atoms with Gasteiger partial charge in [-0.15, -0.1) is 12.3 Å². The van der Waals surface area contributed by atoms with E-state index in [0.717, 1.165) is 0 Å². The topological polar surface area (TPSA) is 64.0 Å². The van der Waals surface area contributed by atoms with Gasteiger partial charge in [0.1, 0.15) is 0 Å². The van der Waals surface area contributed by atoms with E-state index in [2.05, 4.69) is 15.6 Å². The molecule has 1 N–H and O–H groups in total. The summed E-state index contributed by atoms with van der Waals surface area (Å²) in [7, 11) is -3.48. The van der Waals surface area contributed by atoms with Crippen LogP contribution in [0, 0.1) is 12.3 Å². The van der Waals surface area contributed by atoms with Crippen molar-refractivity contribution >= 4 is 10.0 Å². The van der Waals surface area contributed by atoms with E-state index in [9.17, 15) is 8.42 Å². The summed E-state index contributed by atoms with van der Waals surface area (Å²) in [5.41, 5.74) is 0. The normalized spacial score (nSPS) is 11.2. The quantitative estimate of drug-likeness (QED) is 0.586. The summed E-state index contributed by atoms with van der Waals surface area (Å²) >= 11 is 0. The first-order chi connectivity index (χ1) is 7.60. The minimum atomic E-state index is -3.48. The van der Waals surface area contributed by atoms with Gasteiger partial charge in [-0.2, -0.15) is 0 Å². The molecule has 1 rings (SSSR count). The molecule has 1 heterocycles. The van der Waals surface area contributed by atoms with Crippen LogP contribution in [-0.4, -0.2) is 24.5 Å². The maximum Gasteiger partial charge on any atom is 0.259 e. The van der Waals surface area contributed by atoms with E-state index in [0.29, 0.717) is 25.9 Å². The van der Waals surface area contributed by atoms with Crippen molar-refractivity contribution in [3.05, 3.63) is 12.5 Å². The number of sulfonamides is 1. The fourth-order valence-corrected chi connectivity index (χ4v) is 2.14. The molecule has 0 aromatic carbocycles. The number of hydrogen-bond donors (Lipinski definition) is 1. The summed E-state index contributed by atoms with van der Waals surface area (Å²) in [6, 6.07) is 0. The predicted molar refractivity (Wildman–Crippen MR) is 61.2 cm³/mol. The van der Waals surface area contributed by atoms with Crippen LogP contribution in [-0.2, 0) is 16.6 Å². The van der Waals surface area contributed by atoms with Gasteiger partial charge in [0.25, 0.3) is 10.0 Å². The predicted octanol–water partition coefficient (Wildman–Crippen LogP) is 0.595. The van der Waals surface area contributed by atoms with Crippen molar-refractivity contribution in [2.24, 2.45) is 0 Å². The molecule has 88 valence electrons. The van der Waals surface area contributed by atoms with Gasteiger partial charge in [-0.3, -0.25) is 0 Å². The Kier molecular flexibility index (Phi) is 4.52. The molecule has 0 unspecified atom stereocenters. The van der Waals surface area contributed by atoms with Crippen LogP contribution in [0.25, 0.3) is 0 Å².